The summed E-state index contributed by atoms with van der Waals surface area (Å²) in [6.07, 6.45) is 1.93. The van der Waals surface area contributed by atoms with Gasteiger partial charge in [0.25, 0.3) is 0 Å². The molecule has 2 heterocycles. The minimum atomic E-state index is -0.618. The number of halogens is 1. The van der Waals surface area contributed by atoms with Gasteiger partial charge in [-0.1, -0.05) is 6.07 Å². The third-order valence-corrected chi connectivity index (χ3v) is 3.70. The van der Waals surface area contributed by atoms with Crippen molar-refractivity contribution in [2.45, 2.75) is 18.3 Å². The van der Waals surface area contributed by atoms with Gasteiger partial charge in [0.1, 0.15) is 0 Å². The highest BCUT2D eigenvalue weighted by atomic mass is 19.1. The van der Waals surface area contributed by atoms with Gasteiger partial charge in [-0.25, -0.2) is 0 Å². The highest BCUT2D eigenvalue weighted by molar-refractivity contribution is 5.49. The van der Waals surface area contributed by atoms with Crippen LogP contribution in [0.4, 0.5) is 4.39 Å². The normalized spacial score (nSPS) is 21.8. The summed E-state index contributed by atoms with van der Waals surface area (Å²) in [7, 11) is 0. The third kappa shape index (κ3) is 1.23. The summed E-state index contributed by atoms with van der Waals surface area (Å²) in [5, 5.41) is 12.6. The van der Waals surface area contributed by atoms with Crippen LogP contribution in [0.5, 0.6) is 11.5 Å². The Morgan fingerprint density at radius 1 is 1.31 bits per heavy atom. The minimum Gasteiger partial charge on any atom is -0.505 e. The molecule has 16 heavy (non-hydrogen) atoms. The van der Waals surface area contributed by atoms with Crippen LogP contribution in [-0.2, 0) is 5.41 Å². The number of rotatable bonds is 0. The molecule has 2 N–H and O–H groups in total. The average molecular weight is 223 g/mol. The summed E-state index contributed by atoms with van der Waals surface area (Å²) in [5.74, 6) is -0.695. The standard InChI is InChI=1S/C12H14FNO2/c13-10-9(15)2-1-8-11(10)16-7-12(8)3-5-14-6-4-12/h1-2,14-15H,3-7H2. The maximum absolute atomic E-state index is 13.7. The van der Waals surface area contributed by atoms with Crippen molar-refractivity contribution in [1.82, 2.24) is 5.32 Å². The number of hydrogen-bond acceptors (Lipinski definition) is 3. The summed E-state index contributed by atoms with van der Waals surface area (Å²) >= 11 is 0. The molecule has 2 aliphatic rings. The van der Waals surface area contributed by atoms with Crippen LogP contribution < -0.4 is 10.1 Å². The minimum absolute atomic E-state index is 0.0465. The lowest BCUT2D eigenvalue weighted by molar-refractivity contribution is 0.216. The molecule has 1 aromatic carbocycles. The first-order valence-corrected chi connectivity index (χ1v) is 5.58. The van der Waals surface area contributed by atoms with Crippen LogP contribution in [0.25, 0.3) is 0 Å². The van der Waals surface area contributed by atoms with E-state index < -0.39 is 5.82 Å². The van der Waals surface area contributed by atoms with E-state index in [1.807, 2.05) is 0 Å². The largest absolute Gasteiger partial charge is 0.505 e. The number of aromatic hydroxyl groups is 1. The van der Waals surface area contributed by atoms with Gasteiger partial charge in [-0.15, -0.1) is 0 Å². The summed E-state index contributed by atoms with van der Waals surface area (Å²) < 4.78 is 19.1. The van der Waals surface area contributed by atoms with Gasteiger partial charge in [-0.05, 0) is 32.0 Å². The highest BCUT2D eigenvalue weighted by Gasteiger charge is 2.43. The molecule has 0 aromatic heterocycles. The number of phenolic OH excluding ortho intramolecular Hbond substituents is 1. The van der Waals surface area contributed by atoms with Gasteiger partial charge >= 0.3 is 0 Å². The van der Waals surface area contributed by atoms with Gasteiger partial charge in [-0.2, -0.15) is 4.39 Å². The van der Waals surface area contributed by atoms with Crippen molar-refractivity contribution in [2.24, 2.45) is 0 Å². The van der Waals surface area contributed by atoms with Crippen LogP contribution >= 0.6 is 0 Å². The third-order valence-electron chi connectivity index (χ3n) is 3.70. The molecule has 0 saturated carbocycles. The summed E-state index contributed by atoms with van der Waals surface area (Å²) in [6, 6.07) is 3.22. The number of fused-ring (bicyclic) bond motifs is 2. The summed E-state index contributed by atoms with van der Waals surface area (Å²) in [6.45, 7) is 2.40. The molecular weight excluding hydrogens is 209 g/mol. The number of benzene rings is 1. The number of phenols is 1. The van der Waals surface area contributed by atoms with E-state index in [1.165, 1.54) is 6.07 Å². The van der Waals surface area contributed by atoms with Gasteiger partial charge in [0, 0.05) is 11.0 Å². The summed E-state index contributed by atoms with van der Waals surface area (Å²) in [5.41, 5.74) is 0.874. The number of piperidine rings is 1. The molecule has 4 heteroatoms. The zero-order valence-electron chi connectivity index (χ0n) is 8.92. The molecule has 0 unspecified atom stereocenters. The van der Waals surface area contributed by atoms with Crippen LogP contribution in [0.15, 0.2) is 12.1 Å². The SMILES string of the molecule is Oc1ccc2c(c1F)OCC21CCNCC1. The zero-order chi connectivity index (χ0) is 11.2. The lowest BCUT2D eigenvalue weighted by Crippen LogP contribution is -2.40. The molecule has 1 saturated heterocycles. The second kappa shape index (κ2) is 3.35. The van der Waals surface area contributed by atoms with Gasteiger partial charge < -0.3 is 15.2 Å². The lowest BCUT2D eigenvalue weighted by atomic mass is 9.75. The van der Waals surface area contributed by atoms with Gasteiger partial charge in [0.05, 0.1) is 6.61 Å². The van der Waals surface area contributed by atoms with E-state index in [0.717, 1.165) is 31.5 Å². The fourth-order valence-corrected chi connectivity index (χ4v) is 2.71. The monoisotopic (exact) mass is 223 g/mol. The molecule has 86 valence electrons. The van der Waals surface area contributed by atoms with E-state index in [1.54, 1.807) is 6.07 Å². The molecule has 1 fully saturated rings. The van der Waals surface area contributed by atoms with Crippen LogP contribution in [-0.4, -0.2) is 24.8 Å². The van der Waals surface area contributed by atoms with E-state index in [2.05, 4.69) is 5.32 Å². The first-order chi connectivity index (χ1) is 7.73. The van der Waals surface area contributed by atoms with Crippen LogP contribution in [0.3, 0.4) is 0 Å². The Hall–Kier alpha value is -1.29. The molecule has 0 amide bonds. The second-order valence-corrected chi connectivity index (χ2v) is 4.59. The Kier molecular flexibility index (Phi) is 2.07. The molecule has 0 bridgehead atoms. The molecule has 3 nitrogen and oxygen atoms in total. The number of nitrogens with one attached hydrogen (secondary N) is 1. The Morgan fingerprint density at radius 3 is 2.81 bits per heavy atom. The van der Waals surface area contributed by atoms with E-state index in [-0.39, 0.29) is 16.9 Å². The Labute approximate surface area is 93.2 Å². The Bertz CT molecular complexity index is 427. The predicted octanol–water partition coefficient (Wildman–Crippen LogP) is 1.54. The fourth-order valence-electron chi connectivity index (χ4n) is 2.71. The quantitative estimate of drug-likeness (QED) is 0.701. The molecule has 1 spiro atoms. The molecule has 0 radical (unpaired) electrons. The van der Waals surface area contributed by atoms with Gasteiger partial charge in [0.2, 0.25) is 5.82 Å². The van der Waals surface area contributed by atoms with Crippen LogP contribution in [0.2, 0.25) is 0 Å². The zero-order valence-corrected chi connectivity index (χ0v) is 8.92. The van der Waals surface area contributed by atoms with Crippen molar-refractivity contribution < 1.29 is 14.2 Å². The smallest absolute Gasteiger partial charge is 0.206 e. The van der Waals surface area contributed by atoms with Crippen molar-refractivity contribution in [3.63, 3.8) is 0 Å². The average Bonchev–Trinajstić information content (AvgIpc) is 2.65. The molecule has 2 aliphatic heterocycles. The Morgan fingerprint density at radius 2 is 2.06 bits per heavy atom. The van der Waals surface area contributed by atoms with Crippen molar-refractivity contribution in [2.75, 3.05) is 19.7 Å². The van der Waals surface area contributed by atoms with Crippen molar-refractivity contribution in [3.8, 4) is 11.5 Å². The number of hydrogen-bond donors (Lipinski definition) is 2. The maximum atomic E-state index is 13.7. The molecular formula is C12H14FNO2. The predicted molar refractivity (Wildman–Crippen MR) is 57.3 cm³/mol. The van der Waals surface area contributed by atoms with Crippen molar-refractivity contribution in [1.29, 1.82) is 0 Å². The lowest BCUT2D eigenvalue weighted by Gasteiger charge is -2.32. The van der Waals surface area contributed by atoms with Crippen LogP contribution in [0, 0.1) is 5.82 Å². The molecule has 3 rings (SSSR count). The van der Waals surface area contributed by atoms with Crippen molar-refractivity contribution >= 4 is 0 Å². The summed E-state index contributed by atoms with van der Waals surface area (Å²) in [4.78, 5) is 0. The van der Waals surface area contributed by atoms with E-state index in [0.29, 0.717) is 6.61 Å². The topological polar surface area (TPSA) is 41.5 Å². The fraction of sp³-hybridized carbons (Fsp3) is 0.500. The second-order valence-electron chi connectivity index (χ2n) is 4.59. The molecule has 1 aromatic rings. The first-order valence-electron chi connectivity index (χ1n) is 5.58. The Balaban J connectivity index is 2.08. The van der Waals surface area contributed by atoms with Crippen LogP contribution in [0.1, 0.15) is 18.4 Å². The highest BCUT2D eigenvalue weighted by Crippen LogP contribution is 2.47. The van der Waals surface area contributed by atoms with E-state index in [9.17, 15) is 9.50 Å². The van der Waals surface area contributed by atoms with E-state index >= 15 is 0 Å². The van der Waals surface area contributed by atoms with Gasteiger partial charge in [0.15, 0.2) is 11.5 Å². The maximum Gasteiger partial charge on any atom is 0.206 e. The van der Waals surface area contributed by atoms with Gasteiger partial charge in [-0.3, -0.25) is 0 Å². The molecule has 0 atom stereocenters. The van der Waals surface area contributed by atoms with Crippen molar-refractivity contribution in [3.05, 3.63) is 23.5 Å². The molecule has 0 aliphatic carbocycles. The first kappa shape index (κ1) is 9.90. The number of ether oxygens (including phenoxy) is 1. The van der Waals surface area contributed by atoms with E-state index in [4.69, 9.17) is 4.74 Å².